The minimum Gasteiger partial charge on any atom is -0.348 e. The number of nitrogens with one attached hydrogen (secondary N) is 3. The summed E-state index contributed by atoms with van der Waals surface area (Å²) in [5.74, 6) is -0.181. The van der Waals surface area contributed by atoms with E-state index in [1.807, 2.05) is 0 Å². The van der Waals surface area contributed by atoms with E-state index in [4.69, 9.17) is 11.6 Å². The molecule has 0 unspecified atom stereocenters. The Morgan fingerprint density at radius 2 is 1.73 bits per heavy atom. The van der Waals surface area contributed by atoms with Crippen LogP contribution >= 0.6 is 22.9 Å². The maximum absolute atomic E-state index is 12.3. The highest BCUT2D eigenvalue weighted by atomic mass is 35.5. The number of amides is 3. The van der Waals surface area contributed by atoms with Crippen molar-refractivity contribution in [3.8, 4) is 0 Å². The first kappa shape index (κ1) is 18.7. The average molecular weight is 393 g/mol. The molecule has 1 saturated carbocycles. The largest absolute Gasteiger partial charge is 0.348 e. The number of rotatable bonds is 4. The second-order valence-corrected chi connectivity index (χ2v) is 7.58. The highest BCUT2D eigenvalue weighted by Gasteiger charge is 2.18. The number of carbonyl (C=O) groups is 2. The Labute approximate surface area is 161 Å². The zero-order valence-corrected chi connectivity index (χ0v) is 15.8. The molecule has 1 heterocycles. The Morgan fingerprint density at radius 3 is 2.42 bits per heavy atom. The summed E-state index contributed by atoms with van der Waals surface area (Å²) in [7, 11) is 0. The van der Waals surface area contributed by atoms with Gasteiger partial charge in [0.15, 0.2) is 5.13 Å². The molecule has 0 bridgehead atoms. The lowest BCUT2D eigenvalue weighted by Gasteiger charge is -2.15. The first-order valence-corrected chi connectivity index (χ1v) is 9.96. The Kier molecular flexibility index (Phi) is 6.46. The van der Waals surface area contributed by atoms with E-state index in [2.05, 4.69) is 20.9 Å². The molecule has 0 aliphatic heterocycles. The van der Waals surface area contributed by atoms with Gasteiger partial charge in [0.1, 0.15) is 5.69 Å². The molecule has 3 amide bonds. The molecule has 138 valence electrons. The summed E-state index contributed by atoms with van der Waals surface area (Å²) in [4.78, 5) is 28.6. The van der Waals surface area contributed by atoms with E-state index < -0.39 is 6.03 Å². The topological polar surface area (TPSA) is 83.1 Å². The fourth-order valence-corrected chi connectivity index (χ4v) is 3.72. The van der Waals surface area contributed by atoms with Crippen LogP contribution in [0.15, 0.2) is 29.6 Å². The maximum atomic E-state index is 12.3. The van der Waals surface area contributed by atoms with Gasteiger partial charge in [-0.3, -0.25) is 10.1 Å². The lowest BCUT2D eigenvalue weighted by Crippen LogP contribution is -2.34. The third-order valence-corrected chi connectivity index (χ3v) is 5.26. The Hall–Kier alpha value is -2.12. The van der Waals surface area contributed by atoms with Crippen molar-refractivity contribution in [3.05, 3.63) is 40.4 Å². The first-order valence-electron chi connectivity index (χ1n) is 8.70. The SMILES string of the molecule is O=C(Nc1ccc(Cl)cc1)Nc1nc(C(=O)NC2CCCCCC2)cs1. The van der Waals surface area contributed by atoms with Crippen LogP contribution in [0.25, 0.3) is 0 Å². The van der Waals surface area contributed by atoms with E-state index in [-0.39, 0.29) is 11.9 Å². The molecule has 0 radical (unpaired) electrons. The molecule has 1 aromatic heterocycles. The van der Waals surface area contributed by atoms with Crippen LogP contribution in [-0.2, 0) is 0 Å². The summed E-state index contributed by atoms with van der Waals surface area (Å²) < 4.78 is 0. The molecule has 26 heavy (non-hydrogen) atoms. The van der Waals surface area contributed by atoms with E-state index in [1.165, 1.54) is 24.2 Å². The quantitative estimate of drug-likeness (QED) is 0.647. The van der Waals surface area contributed by atoms with E-state index in [0.29, 0.717) is 21.5 Å². The lowest BCUT2D eigenvalue weighted by molar-refractivity contribution is 0.0929. The van der Waals surface area contributed by atoms with Gasteiger partial charge in [0.2, 0.25) is 0 Å². The number of anilines is 2. The van der Waals surface area contributed by atoms with Gasteiger partial charge in [0.05, 0.1) is 0 Å². The minimum absolute atomic E-state index is 0.181. The average Bonchev–Trinajstić information content (AvgIpc) is 2.93. The second-order valence-electron chi connectivity index (χ2n) is 6.29. The molecule has 1 aliphatic rings. The number of thiazole rings is 1. The molecule has 3 N–H and O–H groups in total. The van der Waals surface area contributed by atoms with Gasteiger partial charge < -0.3 is 10.6 Å². The first-order chi connectivity index (χ1) is 12.6. The number of aromatic nitrogens is 1. The zero-order valence-electron chi connectivity index (χ0n) is 14.3. The predicted octanol–water partition coefficient (Wildman–Crippen LogP) is 4.89. The van der Waals surface area contributed by atoms with Crippen molar-refractivity contribution in [3.63, 3.8) is 0 Å². The van der Waals surface area contributed by atoms with Gasteiger partial charge in [0.25, 0.3) is 5.91 Å². The molecular weight excluding hydrogens is 372 g/mol. The summed E-state index contributed by atoms with van der Waals surface area (Å²) in [6, 6.07) is 6.59. The van der Waals surface area contributed by atoms with E-state index >= 15 is 0 Å². The van der Waals surface area contributed by atoms with Crippen molar-refractivity contribution in [2.45, 2.75) is 44.6 Å². The molecule has 6 nitrogen and oxygen atoms in total. The van der Waals surface area contributed by atoms with Gasteiger partial charge in [-0.2, -0.15) is 0 Å². The molecule has 1 aromatic carbocycles. The summed E-state index contributed by atoms with van der Waals surface area (Å²) in [6.45, 7) is 0. The van der Waals surface area contributed by atoms with Gasteiger partial charge in [0, 0.05) is 22.1 Å². The highest BCUT2D eigenvalue weighted by Crippen LogP contribution is 2.20. The van der Waals surface area contributed by atoms with Crippen molar-refractivity contribution in [1.82, 2.24) is 10.3 Å². The van der Waals surface area contributed by atoms with Crippen LogP contribution in [0.4, 0.5) is 15.6 Å². The van der Waals surface area contributed by atoms with Crippen LogP contribution in [0, 0.1) is 0 Å². The minimum atomic E-state index is -0.419. The summed E-state index contributed by atoms with van der Waals surface area (Å²) in [6.07, 6.45) is 6.81. The number of carbonyl (C=O) groups excluding carboxylic acids is 2. The summed E-state index contributed by atoms with van der Waals surface area (Å²) in [5, 5.41) is 11.0. The van der Waals surface area contributed by atoms with Gasteiger partial charge in [-0.1, -0.05) is 37.3 Å². The smallest absolute Gasteiger partial charge is 0.325 e. The Bertz CT molecular complexity index is 755. The van der Waals surface area contributed by atoms with E-state index in [1.54, 1.807) is 29.6 Å². The second kappa shape index (κ2) is 9.00. The summed E-state index contributed by atoms with van der Waals surface area (Å²) >= 11 is 7.04. The third-order valence-electron chi connectivity index (χ3n) is 4.25. The fourth-order valence-electron chi connectivity index (χ4n) is 2.91. The van der Waals surface area contributed by atoms with Crippen molar-refractivity contribution in [2.75, 3.05) is 10.6 Å². The van der Waals surface area contributed by atoms with Crippen molar-refractivity contribution >= 4 is 45.7 Å². The number of urea groups is 1. The van der Waals surface area contributed by atoms with E-state index in [9.17, 15) is 9.59 Å². The van der Waals surface area contributed by atoms with Gasteiger partial charge >= 0.3 is 6.03 Å². The Morgan fingerprint density at radius 1 is 1.04 bits per heavy atom. The van der Waals surface area contributed by atoms with Crippen LogP contribution in [-0.4, -0.2) is 23.0 Å². The number of halogens is 1. The molecular formula is C18H21ClN4O2S. The van der Waals surface area contributed by atoms with Gasteiger partial charge in [-0.05, 0) is 37.1 Å². The van der Waals surface area contributed by atoms with E-state index in [0.717, 1.165) is 25.7 Å². The molecule has 0 saturated heterocycles. The maximum Gasteiger partial charge on any atom is 0.325 e. The number of hydrogen-bond acceptors (Lipinski definition) is 4. The molecule has 1 fully saturated rings. The van der Waals surface area contributed by atoms with Crippen LogP contribution in [0.1, 0.15) is 49.0 Å². The van der Waals surface area contributed by atoms with Crippen molar-refractivity contribution in [2.24, 2.45) is 0 Å². The van der Waals surface area contributed by atoms with Crippen molar-refractivity contribution in [1.29, 1.82) is 0 Å². The number of nitrogens with zero attached hydrogens (tertiary/aromatic N) is 1. The Balaban J connectivity index is 1.52. The predicted molar refractivity (Wildman–Crippen MR) is 105 cm³/mol. The molecule has 0 spiro atoms. The number of hydrogen-bond donors (Lipinski definition) is 3. The summed E-state index contributed by atoms with van der Waals surface area (Å²) in [5.41, 5.74) is 0.954. The molecule has 1 aliphatic carbocycles. The van der Waals surface area contributed by atoms with Gasteiger partial charge in [-0.15, -0.1) is 11.3 Å². The fraction of sp³-hybridized carbons (Fsp3) is 0.389. The molecule has 8 heteroatoms. The van der Waals surface area contributed by atoms with Crippen LogP contribution in [0.2, 0.25) is 5.02 Å². The lowest BCUT2D eigenvalue weighted by atomic mass is 10.1. The standard InChI is InChI=1S/C18H21ClN4O2S/c19-12-7-9-14(10-8-12)21-17(25)23-18-22-15(11-26-18)16(24)20-13-5-3-1-2-4-6-13/h7-11,13H,1-6H2,(H,20,24)(H2,21,22,23,25). The normalized spacial score (nSPS) is 15.1. The monoisotopic (exact) mass is 392 g/mol. The van der Waals surface area contributed by atoms with Crippen LogP contribution < -0.4 is 16.0 Å². The highest BCUT2D eigenvalue weighted by molar-refractivity contribution is 7.14. The molecule has 2 aromatic rings. The molecule has 3 rings (SSSR count). The van der Waals surface area contributed by atoms with Crippen LogP contribution in [0.5, 0.6) is 0 Å². The number of benzene rings is 1. The zero-order chi connectivity index (χ0) is 18.4. The third kappa shape index (κ3) is 5.44. The molecule has 0 atom stereocenters. The van der Waals surface area contributed by atoms with Crippen LogP contribution in [0.3, 0.4) is 0 Å². The van der Waals surface area contributed by atoms with Gasteiger partial charge in [-0.25, -0.2) is 9.78 Å². The van der Waals surface area contributed by atoms with Crippen molar-refractivity contribution < 1.29 is 9.59 Å².